The van der Waals surface area contributed by atoms with Crippen LogP contribution in [0.15, 0.2) is 78.9 Å². The fourth-order valence-corrected chi connectivity index (χ4v) is 2.83. The van der Waals surface area contributed by atoms with Crippen molar-refractivity contribution in [2.75, 3.05) is 18.5 Å². The summed E-state index contributed by atoms with van der Waals surface area (Å²) < 4.78 is 16.6. The van der Waals surface area contributed by atoms with Crippen molar-refractivity contribution in [2.24, 2.45) is 5.73 Å². The number of para-hydroxylation sites is 2. The molecule has 8 nitrogen and oxygen atoms in total. The number of ether oxygens (including phenoxy) is 3. The molecule has 170 valence electrons. The number of amides is 2. The zero-order chi connectivity index (χ0) is 23.6. The SMILES string of the molecule is C[C@H](OC(=O)c1ccccc1OCCOc1ccccc1)C(=O)Nc1ccc(C(N)=O)cc1. The van der Waals surface area contributed by atoms with Gasteiger partial charge in [0.05, 0.1) is 0 Å². The molecule has 3 rings (SSSR count). The second-order valence-electron chi connectivity index (χ2n) is 6.98. The van der Waals surface area contributed by atoms with Gasteiger partial charge in [-0.25, -0.2) is 4.79 Å². The Hall–Kier alpha value is -4.33. The molecule has 2 amide bonds. The van der Waals surface area contributed by atoms with Gasteiger partial charge < -0.3 is 25.3 Å². The number of carbonyl (C=O) groups excluding carboxylic acids is 3. The summed E-state index contributed by atoms with van der Waals surface area (Å²) in [7, 11) is 0. The summed E-state index contributed by atoms with van der Waals surface area (Å²) in [6, 6.07) is 22.0. The predicted molar refractivity (Wildman–Crippen MR) is 122 cm³/mol. The van der Waals surface area contributed by atoms with Crippen molar-refractivity contribution in [1.82, 2.24) is 0 Å². The van der Waals surface area contributed by atoms with Crippen LogP contribution >= 0.6 is 0 Å². The Labute approximate surface area is 191 Å². The molecular formula is C25H24N2O6. The van der Waals surface area contributed by atoms with E-state index in [1.807, 2.05) is 30.3 Å². The molecule has 33 heavy (non-hydrogen) atoms. The molecule has 0 saturated heterocycles. The molecule has 8 heteroatoms. The van der Waals surface area contributed by atoms with Crippen LogP contribution in [0.4, 0.5) is 5.69 Å². The lowest BCUT2D eigenvalue weighted by Crippen LogP contribution is -2.30. The number of benzene rings is 3. The molecule has 0 unspecified atom stereocenters. The van der Waals surface area contributed by atoms with Gasteiger partial charge in [0.1, 0.15) is 30.3 Å². The second-order valence-corrected chi connectivity index (χ2v) is 6.98. The van der Waals surface area contributed by atoms with Crippen LogP contribution in [0.3, 0.4) is 0 Å². The van der Waals surface area contributed by atoms with Crippen LogP contribution in [0.5, 0.6) is 11.5 Å². The molecule has 0 aromatic heterocycles. The number of nitrogens with two attached hydrogens (primary N) is 1. The lowest BCUT2D eigenvalue weighted by molar-refractivity contribution is -0.123. The van der Waals surface area contributed by atoms with E-state index in [0.717, 1.165) is 5.75 Å². The minimum Gasteiger partial charge on any atom is -0.490 e. The molecule has 0 aliphatic rings. The Bertz CT molecular complexity index is 1100. The van der Waals surface area contributed by atoms with Gasteiger partial charge in [0, 0.05) is 11.3 Å². The molecule has 0 saturated carbocycles. The maximum absolute atomic E-state index is 12.6. The average molecular weight is 448 g/mol. The number of hydrogen-bond acceptors (Lipinski definition) is 6. The zero-order valence-electron chi connectivity index (χ0n) is 18.0. The summed E-state index contributed by atoms with van der Waals surface area (Å²) in [5.74, 6) is -0.736. The van der Waals surface area contributed by atoms with Crippen LogP contribution < -0.4 is 20.5 Å². The average Bonchev–Trinajstić information content (AvgIpc) is 2.83. The summed E-state index contributed by atoms with van der Waals surface area (Å²) in [5.41, 5.74) is 6.15. The van der Waals surface area contributed by atoms with Crippen LogP contribution in [-0.4, -0.2) is 37.1 Å². The molecule has 0 radical (unpaired) electrons. The topological polar surface area (TPSA) is 117 Å². The van der Waals surface area contributed by atoms with E-state index in [1.165, 1.54) is 31.2 Å². The Morgan fingerprint density at radius 3 is 2.18 bits per heavy atom. The first kappa shape index (κ1) is 23.3. The third-order valence-corrected chi connectivity index (χ3v) is 4.55. The fraction of sp³-hybridized carbons (Fsp3) is 0.160. The quantitative estimate of drug-likeness (QED) is 0.363. The molecule has 3 aromatic carbocycles. The molecule has 3 N–H and O–H groups in total. The summed E-state index contributed by atoms with van der Waals surface area (Å²) in [5, 5.41) is 2.62. The molecular weight excluding hydrogens is 424 g/mol. The van der Waals surface area contributed by atoms with Gasteiger partial charge in [0.2, 0.25) is 5.91 Å². The van der Waals surface area contributed by atoms with Crippen molar-refractivity contribution in [1.29, 1.82) is 0 Å². The monoisotopic (exact) mass is 448 g/mol. The van der Waals surface area contributed by atoms with Crippen molar-refractivity contribution in [3.05, 3.63) is 90.0 Å². The van der Waals surface area contributed by atoms with Gasteiger partial charge in [0.15, 0.2) is 6.10 Å². The predicted octanol–water partition coefficient (Wildman–Crippen LogP) is 3.43. The van der Waals surface area contributed by atoms with E-state index in [4.69, 9.17) is 19.9 Å². The van der Waals surface area contributed by atoms with Gasteiger partial charge >= 0.3 is 5.97 Å². The Morgan fingerprint density at radius 2 is 1.48 bits per heavy atom. The van der Waals surface area contributed by atoms with E-state index in [0.29, 0.717) is 23.6 Å². The number of primary amides is 1. The van der Waals surface area contributed by atoms with E-state index < -0.39 is 23.9 Å². The number of esters is 1. The highest BCUT2D eigenvalue weighted by molar-refractivity contribution is 5.99. The van der Waals surface area contributed by atoms with E-state index in [9.17, 15) is 14.4 Å². The van der Waals surface area contributed by atoms with Crippen molar-refractivity contribution < 1.29 is 28.6 Å². The largest absolute Gasteiger partial charge is 0.490 e. The summed E-state index contributed by atoms with van der Waals surface area (Å²) in [6.45, 7) is 1.97. The molecule has 0 heterocycles. The lowest BCUT2D eigenvalue weighted by Gasteiger charge is -2.15. The summed E-state index contributed by atoms with van der Waals surface area (Å²) in [4.78, 5) is 36.2. The van der Waals surface area contributed by atoms with Crippen LogP contribution in [0.1, 0.15) is 27.6 Å². The van der Waals surface area contributed by atoms with Crippen LogP contribution in [-0.2, 0) is 9.53 Å². The van der Waals surface area contributed by atoms with Gasteiger partial charge in [-0.15, -0.1) is 0 Å². The van der Waals surface area contributed by atoms with Crippen molar-refractivity contribution in [3.63, 3.8) is 0 Å². The second kappa shape index (κ2) is 11.3. The standard InChI is InChI=1S/C25H24N2O6/c1-17(24(29)27-19-13-11-18(12-14-19)23(26)28)33-25(30)21-9-5-6-10-22(21)32-16-15-31-20-7-3-2-4-8-20/h2-14,17H,15-16H2,1H3,(H2,26,28)(H,27,29)/t17-/m0/s1. The van der Waals surface area contributed by atoms with Gasteiger partial charge in [-0.05, 0) is 55.5 Å². The van der Waals surface area contributed by atoms with Gasteiger partial charge in [-0.2, -0.15) is 0 Å². The number of nitrogens with one attached hydrogen (secondary N) is 1. The Kier molecular flexibility index (Phi) is 8.02. The smallest absolute Gasteiger partial charge is 0.342 e. The maximum Gasteiger partial charge on any atom is 0.342 e. The molecule has 1 atom stereocenters. The van der Waals surface area contributed by atoms with Crippen molar-refractivity contribution in [3.8, 4) is 11.5 Å². The first-order chi connectivity index (χ1) is 15.9. The van der Waals surface area contributed by atoms with Gasteiger partial charge in [0.25, 0.3) is 5.91 Å². The number of carbonyl (C=O) groups is 3. The maximum atomic E-state index is 12.6. The molecule has 0 fully saturated rings. The zero-order valence-corrected chi connectivity index (χ0v) is 18.0. The summed E-state index contributed by atoms with van der Waals surface area (Å²) in [6.07, 6.45) is -1.07. The van der Waals surface area contributed by atoms with Crippen molar-refractivity contribution >= 4 is 23.5 Å². The first-order valence-corrected chi connectivity index (χ1v) is 10.3. The van der Waals surface area contributed by atoms with Crippen LogP contribution in [0.25, 0.3) is 0 Å². The third-order valence-electron chi connectivity index (χ3n) is 4.55. The van der Waals surface area contributed by atoms with E-state index >= 15 is 0 Å². The van der Waals surface area contributed by atoms with E-state index in [-0.39, 0.29) is 12.2 Å². The number of rotatable bonds is 10. The fourth-order valence-electron chi connectivity index (χ4n) is 2.83. The minimum absolute atomic E-state index is 0.197. The van der Waals surface area contributed by atoms with Crippen molar-refractivity contribution in [2.45, 2.75) is 13.0 Å². The summed E-state index contributed by atoms with van der Waals surface area (Å²) >= 11 is 0. The number of hydrogen-bond donors (Lipinski definition) is 2. The highest BCUT2D eigenvalue weighted by Crippen LogP contribution is 2.20. The third kappa shape index (κ3) is 6.83. The van der Waals surface area contributed by atoms with Gasteiger partial charge in [-0.1, -0.05) is 30.3 Å². The molecule has 0 aliphatic heterocycles. The van der Waals surface area contributed by atoms with Gasteiger partial charge in [-0.3, -0.25) is 9.59 Å². The van der Waals surface area contributed by atoms with E-state index in [1.54, 1.807) is 24.3 Å². The van der Waals surface area contributed by atoms with E-state index in [2.05, 4.69) is 5.32 Å². The van der Waals surface area contributed by atoms with Crippen LogP contribution in [0.2, 0.25) is 0 Å². The highest BCUT2D eigenvalue weighted by atomic mass is 16.6. The Morgan fingerprint density at radius 1 is 0.848 bits per heavy atom. The highest BCUT2D eigenvalue weighted by Gasteiger charge is 2.21. The Balaban J connectivity index is 1.53. The molecule has 0 bridgehead atoms. The normalized spacial score (nSPS) is 11.2. The molecule has 0 spiro atoms. The minimum atomic E-state index is -1.07. The first-order valence-electron chi connectivity index (χ1n) is 10.3. The number of anilines is 1. The molecule has 0 aliphatic carbocycles. The lowest BCUT2D eigenvalue weighted by atomic mass is 10.2. The molecule has 3 aromatic rings. The van der Waals surface area contributed by atoms with Crippen LogP contribution in [0, 0.1) is 0 Å².